The fourth-order valence-corrected chi connectivity index (χ4v) is 5.14. The van der Waals surface area contributed by atoms with Gasteiger partial charge in [0, 0.05) is 12.1 Å². The number of carbonyl (C=O) groups excluding carboxylic acids is 1. The molecule has 0 radical (unpaired) electrons. The maximum absolute atomic E-state index is 13.5. The van der Waals surface area contributed by atoms with Gasteiger partial charge in [0.25, 0.3) is 5.69 Å². The highest BCUT2D eigenvalue weighted by Crippen LogP contribution is 2.32. The third kappa shape index (κ3) is 9.65. The average Bonchev–Trinajstić information content (AvgIpc) is 3.11. The van der Waals surface area contributed by atoms with E-state index in [0.29, 0.717) is 6.61 Å². The number of hydrogen-bond donors (Lipinski definition) is 0. The number of carbonyl (C=O) groups is 1. The van der Waals surface area contributed by atoms with Gasteiger partial charge in [0.05, 0.1) is 43.5 Å². The van der Waals surface area contributed by atoms with E-state index in [1.165, 1.54) is 24.3 Å². The van der Waals surface area contributed by atoms with Crippen molar-refractivity contribution < 1.29 is 38.1 Å². The predicted molar refractivity (Wildman–Crippen MR) is 173 cm³/mol. The number of non-ortho nitro benzene ring substituents is 1. The molecule has 4 aromatic rings. The van der Waals surface area contributed by atoms with E-state index in [2.05, 4.69) is 6.58 Å². The number of nitro groups is 1. The van der Waals surface area contributed by atoms with E-state index >= 15 is 0 Å². The molecule has 1 aliphatic heterocycles. The summed E-state index contributed by atoms with van der Waals surface area (Å²) in [5, 5.41) is 11.2. The van der Waals surface area contributed by atoms with Gasteiger partial charge in [0.15, 0.2) is 12.4 Å². The zero-order valence-electron chi connectivity index (χ0n) is 25.8. The van der Waals surface area contributed by atoms with Crippen LogP contribution in [0.1, 0.15) is 27.0 Å². The lowest BCUT2D eigenvalue weighted by Gasteiger charge is -2.45. The van der Waals surface area contributed by atoms with Gasteiger partial charge in [-0.1, -0.05) is 97.1 Å². The summed E-state index contributed by atoms with van der Waals surface area (Å²) in [5.74, 6) is -0.727. The summed E-state index contributed by atoms with van der Waals surface area (Å²) < 4.78 is 37.7. The Morgan fingerprint density at radius 3 is 1.79 bits per heavy atom. The van der Waals surface area contributed by atoms with Gasteiger partial charge in [0.2, 0.25) is 0 Å². The normalized spacial score (nSPS) is 20.7. The summed E-state index contributed by atoms with van der Waals surface area (Å²) in [6, 6.07) is 34.2. The van der Waals surface area contributed by atoms with Crippen molar-refractivity contribution in [1.29, 1.82) is 0 Å². The maximum Gasteiger partial charge on any atom is 0.338 e. The lowest BCUT2D eigenvalue weighted by molar-refractivity contribution is -0.384. The zero-order valence-corrected chi connectivity index (χ0v) is 25.8. The summed E-state index contributed by atoms with van der Waals surface area (Å²) in [5.41, 5.74) is 2.81. The molecule has 1 saturated heterocycles. The molecule has 1 fully saturated rings. The highest BCUT2D eigenvalue weighted by Gasteiger charge is 2.50. The fourth-order valence-electron chi connectivity index (χ4n) is 5.14. The molecular formula is C37H37NO9. The monoisotopic (exact) mass is 639 g/mol. The minimum Gasteiger partial charge on any atom is -0.450 e. The molecule has 1 aliphatic rings. The first-order valence-electron chi connectivity index (χ1n) is 15.3. The number of nitrogens with zero attached hydrogens (tertiary/aromatic N) is 1. The second-order valence-corrected chi connectivity index (χ2v) is 10.9. The van der Waals surface area contributed by atoms with Gasteiger partial charge in [0.1, 0.15) is 18.3 Å². The molecule has 10 heteroatoms. The van der Waals surface area contributed by atoms with Crippen LogP contribution in [0, 0.1) is 10.1 Å². The van der Waals surface area contributed by atoms with E-state index in [1.807, 2.05) is 91.0 Å². The standard InChI is InChI=1S/C37H37NO9/c1-2-22-43-37-35(47-36(39)30-18-20-31(21-19-30)38(40)41)34(45-25-29-16-10-5-11-17-29)33(44-24-28-14-8-4-9-15-28)32(46-37)26-42-23-27-12-6-3-7-13-27/h2-21,32-35,37H,1,22-26H2/t32-,33+,34+,35-,37-/m1/s1. The summed E-state index contributed by atoms with van der Waals surface area (Å²) in [7, 11) is 0. The molecule has 0 saturated carbocycles. The first-order valence-corrected chi connectivity index (χ1v) is 15.3. The number of nitro benzene ring substituents is 1. The maximum atomic E-state index is 13.5. The zero-order chi connectivity index (χ0) is 32.8. The van der Waals surface area contributed by atoms with Gasteiger partial charge in [-0.2, -0.15) is 0 Å². The second kappa shape index (κ2) is 17.3. The molecule has 244 valence electrons. The Labute approximate surface area is 273 Å². The van der Waals surface area contributed by atoms with Crippen LogP contribution in [0.25, 0.3) is 0 Å². The Kier molecular flexibility index (Phi) is 12.4. The Bertz CT molecular complexity index is 1550. The van der Waals surface area contributed by atoms with E-state index in [-0.39, 0.29) is 37.7 Å². The topological polar surface area (TPSA) is 116 Å². The van der Waals surface area contributed by atoms with Crippen molar-refractivity contribution in [2.24, 2.45) is 0 Å². The number of benzene rings is 4. The third-order valence-electron chi connectivity index (χ3n) is 7.49. The van der Waals surface area contributed by atoms with Gasteiger partial charge in [-0.05, 0) is 28.8 Å². The minimum absolute atomic E-state index is 0.106. The molecule has 0 bridgehead atoms. The van der Waals surface area contributed by atoms with E-state index in [4.69, 9.17) is 28.4 Å². The quantitative estimate of drug-likeness (QED) is 0.0592. The van der Waals surface area contributed by atoms with Crippen LogP contribution in [-0.2, 0) is 48.2 Å². The summed E-state index contributed by atoms with van der Waals surface area (Å²) >= 11 is 0. The molecule has 0 N–H and O–H groups in total. The SMILES string of the molecule is C=CCO[C@@H]1O[C@H](COCc2ccccc2)[C@H](OCc2ccccc2)[C@H](OCc2ccccc2)[C@H]1OC(=O)c1ccc([N+](=O)[O-])cc1. The summed E-state index contributed by atoms with van der Waals surface area (Å²) in [6.45, 7) is 4.76. The van der Waals surface area contributed by atoms with Gasteiger partial charge in [-0.25, -0.2) is 4.79 Å². The number of esters is 1. The Hall–Kier alpha value is -4.71. The van der Waals surface area contributed by atoms with Gasteiger partial charge < -0.3 is 28.4 Å². The van der Waals surface area contributed by atoms with Crippen LogP contribution < -0.4 is 0 Å². The van der Waals surface area contributed by atoms with Crippen molar-refractivity contribution in [2.75, 3.05) is 13.2 Å². The Balaban J connectivity index is 1.45. The Morgan fingerprint density at radius 2 is 1.26 bits per heavy atom. The van der Waals surface area contributed by atoms with E-state index in [0.717, 1.165) is 16.7 Å². The van der Waals surface area contributed by atoms with E-state index < -0.39 is 41.6 Å². The predicted octanol–water partition coefficient (Wildman–Crippen LogP) is 6.44. The molecule has 0 amide bonds. The molecule has 10 nitrogen and oxygen atoms in total. The summed E-state index contributed by atoms with van der Waals surface area (Å²) in [4.78, 5) is 24.1. The number of rotatable bonds is 16. The molecule has 0 unspecified atom stereocenters. The van der Waals surface area contributed by atoms with Gasteiger partial charge >= 0.3 is 5.97 Å². The van der Waals surface area contributed by atoms with Crippen LogP contribution in [0.15, 0.2) is 128 Å². The smallest absolute Gasteiger partial charge is 0.338 e. The van der Waals surface area contributed by atoms with Crippen LogP contribution in [0.2, 0.25) is 0 Å². The highest BCUT2D eigenvalue weighted by atomic mass is 16.7. The van der Waals surface area contributed by atoms with Crippen molar-refractivity contribution in [3.05, 3.63) is 160 Å². The minimum atomic E-state index is -1.09. The molecule has 0 aromatic heterocycles. The van der Waals surface area contributed by atoms with Crippen molar-refractivity contribution in [2.45, 2.75) is 50.5 Å². The molecule has 5 rings (SSSR count). The Morgan fingerprint density at radius 1 is 0.723 bits per heavy atom. The molecule has 0 aliphatic carbocycles. The lowest BCUT2D eigenvalue weighted by Crippen LogP contribution is -2.62. The van der Waals surface area contributed by atoms with E-state index in [1.54, 1.807) is 6.08 Å². The van der Waals surface area contributed by atoms with E-state index in [9.17, 15) is 14.9 Å². The molecule has 0 spiro atoms. The summed E-state index contributed by atoms with van der Waals surface area (Å²) in [6.07, 6.45) is -2.89. The molecule has 5 atom stereocenters. The van der Waals surface area contributed by atoms with Crippen LogP contribution >= 0.6 is 0 Å². The second-order valence-electron chi connectivity index (χ2n) is 10.9. The first-order chi connectivity index (χ1) is 23.0. The average molecular weight is 640 g/mol. The lowest BCUT2D eigenvalue weighted by atomic mass is 9.97. The van der Waals surface area contributed by atoms with Crippen LogP contribution in [-0.4, -0.2) is 54.8 Å². The molecular weight excluding hydrogens is 602 g/mol. The first kappa shape index (κ1) is 33.6. The molecule has 1 heterocycles. The molecule has 47 heavy (non-hydrogen) atoms. The number of ether oxygens (including phenoxy) is 6. The molecule has 4 aromatic carbocycles. The van der Waals surface area contributed by atoms with Crippen LogP contribution in [0.4, 0.5) is 5.69 Å². The highest BCUT2D eigenvalue weighted by molar-refractivity contribution is 5.89. The van der Waals surface area contributed by atoms with Gasteiger partial charge in [-0.15, -0.1) is 6.58 Å². The van der Waals surface area contributed by atoms with Crippen molar-refractivity contribution in [3.8, 4) is 0 Å². The fraction of sp³-hybridized carbons (Fsp3) is 0.270. The van der Waals surface area contributed by atoms with Crippen molar-refractivity contribution in [3.63, 3.8) is 0 Å². The third-order valence-corrected chi connectivity index (χ3v) is 7.49. The van der Waals surface area contributed by atoms with Crippen molar-refractivity contribution >= 4 is 11.7 Å². The van der Waals surface area contributed by atoms with Crippen LogP contribution in [0.3, 0.4) is 0 Å². The number of hydrogen-bond acceptors (Lipinski definition) is 9. The van der Waals surface area contributed by atoms with Gasteiger partial charge in [-0.3, -0.25) is 10.1 Å². The van der Waals surface area contributed by atoms with Crippen molar-refractivity contribution in [1.82, 2.24) is 0 Å². The van der Waals surface area contributed by atoms with Crippen LogP contribution in [0.5, 0.6) is 0 Å². The largest absolute Gasteiger partial charge is 0.450 e.